The van der Waals surface area contributed by atoms with Crippen LogP contribution >= 0.6 is 0 Å². The van der Waals surface area contributed by atoms with Crippen molar-refractivity contribution in [3.05, 3.63) is 59.5 Å². The van der Waals surface area contributed by atoms with E-state index < -0.39 is 0 Å². The standard InChI is InChI=1S/C21H26N2O4/c1-16-4-6-17(7-5-16)19(24)8-9-21(25)22-15-18(20-3-2-12-27-20)23-10-13-26-14-11-23/h2-7,12,18H,8-11,13-15H2,1H3,(H,22,25). The fraction of sp³-hybridized carbons (Fsp3) is 0.429. The summed E-state index contributed by atoms with van der Waals surface area (Å²) in [6, 6.07) is 11.2. The van der Waals surface area contributed by atoms with Crippen molar-refractivity contribution in [2.75, 3.05) is 32.8 Å². The molecule has 0 aliphatic carbocycles. The summed E-state index contributed by atoms with van der Waals surface area (Å²) in [4.78, 5) is 26.7. The number of benzene rings is 1. The molecule has 1 aromatic carbocycles. The highest BCUT2D eigenvalue weighted by Crippen LogP contribution is 2.21. The van der Waals surface area contributed by atoms with Gasteiger partial charge in [-0.1, -0.05) is 29.8 Å². The average molecular weight is 370 g/mol. The predicted octanol–water partition coefficient (Wildman–Crippen LogP) is 2.74. The molecule has 1 aliphatic heterocycles. The molecule has 3 rings (SSSR count). The number of nitrogens with one attached hydrogen (secondary N) is 1. The lowest BCUT2D eigenvalue weighted by Gasteiger charge is -2.33. The van der Waals surface area contributed by atoms with Crippen molar-refractivity contribution in [1.82, 2.24) is 10.2 Å². The number of amides is 1. The summed E-state index contributed by atoms with van der Waals surface area (Å²) in [7, 11) is 0. The van der Waals surface area contributed by atoms with Gasteiger partial charge in [-0.3, -0.25) is 14.5 Å². The van der Waals surface area contributed by atoms with E-state index in [0.29, 0.717) is 25.3 Å². The Bertz CT molecular complexity index is 734. The fourth-order valence-corrected chi connectivity index (χ4v) is 3.19. The van der Waals surface area contributed by atoms with E-state index in [2.05, 4.69) is 10.2 Å². The van der Waals surface area contributed by atoms with Crippen molar-refractivity contribution in [2.24, 2.45) is 0 Å². The van der Waals surface area contributed by atoms with Gasteiger partial charge in [-0.15, -0.1) is 0 Å². The molecular weight excluding hydrogens is 344 g/mol. The molecule has 1 amide bonds. The van der Waals surface area contributed by atoms with Gasteiger partial charge in [0.15, 0.2) is 5.78 Å². The van der Waals surface area contributed by atoms with Crippen LogP contribution in [0.3, 0.4) is 0 Å². The second kappa shape index (κ2) is 9.48. The molecule has 0 radical (unpaired) electrons. The van der Waals surface area contributed by atoms with Gasteiger partial charge in [-0.2, -0.15) is 0 Å². The third-order valence-corrected chi connectivity index (χ3v) is 4.80. The molecule has 1 atom stereocenters. The Hall–Kier alpha value is -2.44. The van der Waals surface area contributed by atoms with Crippen LogP contribution in [-0.2, 0) is 9.53 Å². The summed E-state index contributed by atoms with van der Waals surface area (Å²) in [6.07, 6.45) is 2.03. The highest BCUT2D eigenvalue weighted by molar-refractivity contribution is 5.97. The van der Waals surface area contributed by atoms with Gasteiger partial charge in [0.25, 0.3) is 0 Å². The first-order valence-corrected chi connectivity index (χ1v) is 9.35. The molecule has 144 valence electrons. The zero-order chi connectivity index (χ0) is 19.1. The number of carbonyl (C=O) groups is 2. The summed E-state index contributed by atoms with van der Waals surface area (Å²) in [5, 5.41) is 2.95. The van der Waals surface area contributed by atoms with E-state index in [1.807, 2.05) is 31.2 Å². The monoisotopic (exact) mass is 370 g/mol. The van der Waals surface area contributed by atoms with Crippen molar-refractivity contribution < 1.29 is 18.7 Å². The minimum atomic E-state index is -0.125. The number of aryl methyl sites for hydroxylation is 1. The van der Waals surface area contributed by atoms with Gasteiger partial charge in [0.1, 0.15) is 5.76 Å². The smallest absolute Gasteiger partial charge is 0.220 e. The molecule has 6 heteroatoms. The van der Waals surface area contributed by atoms with E-state index in [1.165, 1.54) is 0 Å². The van der Waals surface area contributed by atoms with Crippen molar-refractivity contribution in [1.29, 1.82) is 0 Å². The lowest BCUT2D eigenvalue weighted by molar-refractivity contribution is -0.121. The number of furan rings is 1. The number of rotatable bonds is 8. The number of hydrogen-bond acceptors (Lipinski definition) is 5. The van der Waals surface area contributed by atoms with Crippen LogP contribution in [0, 0.1) is 6.92 Å². The summed E-state index contributed by atoms with van der Waals surface area (Å²) in [6.45, 7) is 5.38. The number of hydrogen-bond donors (Lipinski definition) is 1. The van der Waals surface area contributed by atoms with Crippen molar-refractivity contribution >= 4 is 11.7 Å². The Morgan fingerprint density at radius 1 is 1.11 bits per heavy atom. The number of ketones is 1. The highest BCUT2D eigenvalue weighted by atomic mass is 16.5. The molecule has 0 saturated carbocycles. The van der Waals surface area contributed by atoms with E-state index in [9.17, 15) is 9.59 Å². The quantitative estimate of drug-likeness (QED) is 0.724. The van der Waals surface area contributed by atoms with Crippen LogP contribution in [0.15, 0.2) is 47.1 Å². The zero-order valence-electron chi connectivity index (χ0n) is 15.6. The molecule has 27 heavy (non-hydrogen) atoms. The second-order valence-electron chi connectivity index (χ2n) is 6.77. The second-order valence-corrected chi connectivity index (χ2v) is 6.77. The van der Waals surface area contributed by atoms with E-state index in [1.54, 1.807) is 18.4 Å². The van der Waals surface area contributed by atoms with Crippen LogP contribution in [-0.4, -0.2) is 49.4 Å². The molecule has 1 fully saturated rings. The van der Waals surface area contributed by atoms with E-state index in [0.717, 1.165) is 24.4 Å². The first kappa shape index (κ1) is 19.3. The van der Waals surface area contributed by atoms with Gasteiger partial charge in [-0.25, -0.2) is 0 Å². The topological polar surface area (TPSA) is 71.8 Å². The Labute approximate surface area is 159 Å². The molecule has 0 bridgehead atoms. The van der Waals surface area contributed by atoms with Gasteiger partial charge < -0.3 is 14.5 Å². The number of morpholine rings is 1. The summed E-state index contributed by atoms with van der Waals surface area (Å²) in [5.41, 5.74) is 1.76. The summed E-state index contributed by atoms with van der Waals surface area (Å²) < 4.78 is 11.0. The van der Waals surface area contributed by atoms with Crippen LogP contribution in [0.25, 0.3) is 0 Å². The average Bonchev–Trinajstić information content (AvgIpc) is 3.22. The molecule has 2 aromatic rings. The maximum absolute atomic E-state index is 12.3. The molecule has 1 N–H and O–H groups in total. The van der Waals surface area contributed by atoms with Gasteiger partial charge in [-0.05, 0) is 19.1 Å². The van der Waals surface area contributed by atoms with Gasteiger partial charge in [0, 0.05) is 38.0 Å². The van der Waals surface area contributed by atoms with Crippen LogP contribution in [0.5, 0.6) is 0 Å². The SMILES string of the molecule is Cc1ccc(C(=O)CCC(=O)NCC(c2ccco2)N2CCOCC2)cc1. The molecule has 0 spiro atoms. The number of nitrogens with zero attached hydrogens (tertiary/aromatic N) is 1. The lowest BCUT2D eigenvalue weighted by Crippen LogP contribution is -2.43. The number of ether oxygens (including phenoxy) is 1. The Kier molecular flexibility index (Phi) is 6.79. The Balaban J connectivity index is 1.50. The fourth-order valence-electron chi connectivity index (χ4n) is 3.19. The minimum absolute atomic E-state index is 0.0130. The van der Waals surface area contributed by atoms with Gasteiger partial charge >= 0.3 is 0 Å². The first-order chi connectivity index (χ1) is 13.1. The Morgan fingerprint density at radius 3 is 2.52 bits per heavy atom. The summed E-state index contributed by atoms with van der Waals surface area (Å²) >= 11 is 0. The van der Waals surface area contributed by atoms with Crippen molar-refractivity contribution in [3.8, 4) is 0 Å². The third kappa shape index (κ3) is 5.52. The molecule has 1 aromatic heterocycles. The Morgan fingerprint density at radius 2 is 1.85 bits per heavy atom. The van der Waals surface area contributed by atoms with E-state index in [-0.39, 0.29) is 30.6 Å². The van der Waals surface area contributed by atoms with Gasteiger partial charge in [0.2, 0.25) is 5.91 Å². The van der Waals surface area contributed by atoms with Crippen LogP contribution in [0.2, 0.25) is 0 Å². The number of Topliss-reactive ketones (excluding diaryl/α,β-unsaturated/α-hetero) is 1. The molecule has 1 unspecified atom stereocenters. The first-order valence-electron chi connectivity index (χ1n) is 9.35. The molecule has 1 saturated heterocycles. The highest BCUT2D eigenvalue weighted by Gasteiger charge is 2.25. The number of carbonyl (C=O) groups excluding carboxylic acids is 2. The maximum Gasteiger partial charge on any atom is 0.220 e. The molecule has 2 heterocycles. The largest absolute Gasteiger partial charge is 0.468 e. The van der Waals surface area contributed by atoms with Crippen molar-refractivity contribution in [2.45, 2.75) is 25.8 Å². The maximum atomic E-state index is 12.3. The lowest BCUT2D eigenvalue weighted by atomic mass is 10.0. The van der Waals surface area contributed by atoms with E-state index >= 15 is 0 Å². The van der Waals surface area contributed by atoms with Crippen molar-refractivity contribution in [3.63, 3.8) is 0 Å². The van der Waals surface area contributed by atoms with E-state index in [4.69, 9.17) is 9.15 Å². The third-order valence-electron chi connectivity index (χ3n) is 4.80. The molecular formula is C21H26N2O4. The molecule has 1 aliphatic rings. The van der Waals surface area contributed by atoms with Crippen LogP contribution < -0.4 is 5.32 Å². The molecule has 6 nitrogen and oxygen atoms in total. The van der Waals surface area contributed by atoms with Gasteiger partial charge in [0.05, 0.1) is 25.5 Å². The minimum Gasteiger partial charge on any atom is -0.468 e. The zero-order valence-corrected chi connectivity index (χ0v) is 15.6. The normalized spacial score (nSPS) is 16.0. The predicted molar refractivity (Wildman–Crippen MR) is 102 cm³/mol. The van der Waals surface area contributed by atoms with Crippen LogP contribution in [0.4, 0.5) is 0 Å². The summed E-state index contributed by atoms with van der Waals surface area (Å²) in [5.74, 6) is 0.689. The van der Waals surface area contributed by atoms with Crippen LogP contribution in [0.1, 0.15) is 40.6 Å².